The summed E-state index contributed by atoms with van der Waals surface area (Å²) in [5, 5.41) is 10.8. The minimum atomic E-state index is -4.21. The van der Waals surface area contributed by atoms with Gasteiger partial charge in [-0.3, -0.25) is 4.79 Å². The van der Waals surface area contributed by atoms with E-state index in [-0.39, 0.29) is 35.2 Å². The summed E-state index contributed by atoms with van der Waals surface area (Å²) in [7, 11) is 0. The Kier molecular flexibility index (Phi) is 6.98. The topological polar surface area (TPSA) is 94.1 Å². The summed E-state index contributed by atoms with van der Waals surface area (Å²) in [5.74, 6) is -7.08. The van der Waals surface area contributed by atoms with Crippen LogP contribution < -0.4 is 19.5 Å². The van der Waals surface area contributed by atoms with Crippen LogP contribution in [0.15, 0.2) is 54.6 Å². The number of rotatable bonds is 7. The van der Waals surface area contributed by atoms with E-state index in [0.717, 1.165) is 18.2 Å². The number of amides is 1. The van der Waals surface area contributed by atoms with Crippen LogP contribution in [0.3, 0.4) is 0 Å². The number of nitrogens with one attached hydrogen (secondary N) is 1. The van der Waals surface area contributed by atoms with E-state index < -0.39 is 40.8 Å². The minimum Gasteiger partial charge on any atom is -0.489 e. The average molecular weight is 522 g/mol. The van der Waals surface area contributed by atoms with Crippen molar-refractivity contribution in [1.82, 2.24) is 0 Å². The van der Waals surface area contributed by atoms with Crippen molar-refractivity contribution in [2.45, 2.75) is 19.0 Å². The summed E-state index contributed by atoms with van der Waals surface area (Å²) >= 11 is 5.96. The zero-order valence-corrected chi connectivity index (χ0v) is 19.4. The molecule has 36 heavy (non-hydrogen) atoms. The lowest BCUT2D eigenvalue weighted by molar-refractivity contribution is -0.166. The van der Waals surface area contributed by atoms with Gasteiger partial charge in [0.1, 0.15) is 24.8 Å². The highest BCUT2D eigenvalue weighted by Crippen LogP contribution is 2.34. The molecule has 11 heteroatoms. The maximum absolute atomic E-state index is 15.0. The van der Waals surface area contributed by atoms with Gasteiger partial charge in [0, 0.05) is 11.1 Å². The molecule has 0 saturated heterocycles. The van der Waals surface area contributed by atoms with Crippen LogP contribution in [0.2, 0.25) is 5.02 Å². The van der Waals surface area contributed by atoms with Gasteiger partial charge in [0.15, 0.2) is 17.6 Å². The van der Waals surface area contributed by atoms with E-state index in [1.165, 1.54) is 19.1 Å². The molecule has 1 heterocycles. The summed E-state index contributed by atoms with van der Waals surface area (Å²) in [4.78, 5) is 23.5. The van der Waals surface area contributed by atoms with E-state index in [0.29, 0.717) is 11.5 Å². The number of carbonyl (C=O) groups is 2. The Balaban J connectivity index is 1.46. The van der Waals surface area contributed by atoms with Crippen molar-refractivity contribution >= 4 is 29.2 Å². The molecular weight excluding hydrogens is 503 g/mol. The highest BCUT2D eigenvalue weighted by Gasteiger charge is 2.41. The molecule has 1 aliphatic rings. The van der Waals surface area contributed by atoms with Crippen LogP contribution in [0, 0.1) is 12.7 Å². The van der Waals surface area contributed by atoms with Gasteiger partial charge in [-0.05, 0) is 43.3 Å². The van der Waals surface area contributed by atoms with Crippen molar-refractivity contribution in [2.75, 3.05) is 18.5 Å². The first-order chi connectivity index (χ1) is 17.1. The molecule has 188 valence electrons. The molecule has 3 aromatic carbocycles. The Morgan fingerprint density at radius 3 is 2.61 bits per heavy atom. The van der Waals surface area contributed by atoms with Crippen LogP contribution >= 0.6 is 11.6 Å². The fourth-order valence-corrected chi connectivity index (χ4v) is 3.62. The molecule has 0 fully saturated rings. The Labute approximate surface area is 208 Å². The number of benzene rings is 3. The molecule has 1 amide bonds. The molecule has 0 bridgehead atoms. The number of hydrogen-bond acceptors (Lipinski definition) is 5. The van der Waals surface area contributed by atoms with Crippen LogP contribution in [-0.4, -0.2) is 36.3 Å². The van der Waals surface area contributed by atoms with E-state index in [2.05, 4.69) is 5.32 Å². The fourth-order valence-electron chi connectivity index (χ4n) is 3.46. The van der Waals surface area contributed by atoms with E-state index in [9.17, 15) is 18.4 Å². The predicted octanol–water partition coefficient (Wildman–Crippen LogP) is 5.44. The maximum Gasteiger partial charge on any atom is 0.379 e. The van der Waals surface area contributed by atoms with Gasteiger partial charge >= 0.3 is 11.9 Å². The smallest absolute Gasteiger partial charge is 0.379 e. The second kappa shape index (κ2) is 9.98. The van der Waals surface area contributed by atoms with Crippen LogP contribution in [0.5, 0.6) is 17.2 Å². The highest BCUT2D eigenvalue weighted by molar-refractivity contribution is 6.34. The summed E-state index contributed by atoms with van der Waals surface area (Å²) < 4.78 is 59.8. The number of halogens is 4. The molecule has 3 aromatic rings. The third kappa shape index (κ3) is 5.03. The highest BCUT2D eigenvalue weighted by atomic mass is 35.5. The summed E-state index contributed by atoms with van der Waals surface area (Å²) in [6.45, 7) is 1.70. The van der Waals surface area contributed by atoms with E-state index in [1.54, 1.807) is 18.2 Å². The molecule has 0 unspecified atom stereocenters. The number of alkyl halides is 2. The molecule has 4 rings (SSSR count). The van der Waals surface area contributed by atoms with E-state index in [1.807, 2.05) is 6.07 Å². The van der Waals surface area contributed by atoms with Gasteiger partial charge in [0.2, 0.25) is 0 Å². The lowest BCUT2D eigenvalue weighted by Gasteiger charge is -2.26. The van der Waals surface area contributed by atoms with Crippen molar-refractivity contribution in [2.24, 2.45) is 0 Å². The van der Waals surface area contributed by atoms with E-state index in [4.69, 9.17) is 30.9 Å². The van der Waals surface area contributed by atoms with Crippen molar-refractivity contribution in [3.63, 3.8) is 0 Å². The zero-order chi connectivity index (χ0) is 26.0. The van der Waals surface area contributed by atoms with Crippen LogP contribution in [0.25, 0.3) is 0 Å². The molecule has 0 spiro atoms. The van der Waals surface area contributed by atoms with Crippen molar-refractivity contribution in [3.05, 3.63) is 82.1 Å². The van der Waals surface area contributed by atoms with Crippen molar-refractivity contribution in [3.8, 4) is 17.2 Å². The summed E-state index contributed by atoms with van der Waals surface area (Å²) in [5.41, 5.74) is -1.55. The van der Waals surface area contributed by atoms with Gasteiger partial charge in [0.05, 0.1) is 16.3 Å². The largest absolute Gasteiger partial charge is 0.489 e. The Morgan fingerprint density at radius 1 is 1.17 bits per heavy atom. The van der Waals surface area contributed by atoms with Crippen LogP contribution in [0.1, 0.15) is 21.5 Å². The zero-order valence-electron chi connectivity index (χ0n) is 18.7. The average Bonchev–Trinajstić information content (AvgIpc) is 2.85. The molecule has 2 N–H and O–H groups in total. The first-order valence-corrected chi connectivity index (χ1v) is 11.0. The first kappa shape index (κ1) is 25.2. The Bertz CT molecular complexity index is 1330. The number of para-hydroxylation sites is 2. The van der Waals surface area contributed by atoms with Crippen LogP contribution in [-0.2, 0) is 10.7 Å². The molecule has 1 aliphatic heterocycles. The van der Waals surface area contributed by atoms with Gasteiger partial charge < -0.3 is 24.6 Å². The number of carboxylic acid groups (broad SMARTS) is 1. The Hall–Kier alpha value is -3.92. The molecule has 0 aliphatic carbocycles. The molecule has 0 aromatic heterocycles. The second-order valence-corrected chi connectivity index (χ2v) is 8.29. The number of carboxylic acids is 1. The third-order valence-corrected chi connectivity index (χ3v) is 5.75. The standard InChI is InChI=1S/C25H19ClF3NO6/c1-13-19(34-11-15-12-35-20-4-2-3-5-21(20)36-15)9-7-16(22(13)27)23(31)30-18-10-14(6-8-17(18)26)25(28,29)24(32)33/h2-10,15H,11-12H2,1H3,(H,30,31)(H,32,33)/t15-/m1/s1. The number of aliphatic carboxylic acids is 1. The third-order valence-electron chi connectivity index (χ3n) is 5.42. The molecule has 0 saturated carbocycles. The number of anilines is 1. The van der Waals surface area contributed by atoms with E-state index >= 15 is 4.39 Å². The minimum absolute atomic E-state index is 0.0389. The predicted molar refractivity (Wildman–Crippen MR) is 124 cm³/mol. The lowest BCUT2D eigenvalue weighted by atomic mass is 10.1. The molecule has 0 radical (unpaired) electrons. The van der Waals surface area contributed by atoms with Crippen molar-refractivity contribution in [1.29, 1.82) is 0 Å². The second-order valence-electron chi connectivity index (χ2n) is 7.89. The fraction of sp³-hybridized carbons (Fsp3) is 0.200. The maximum atomic E-state index is 15.0. The first-order valence-electron chi connectivity index (χ1n) is 10.6. The SMILES string of the molecule is Cc1c(OC[C@@H]2COc3ccccc3O2)ccc(C(=O)Nc2cc(C(F)(F)C(=O)O)ccc2Cl)c1F. The summed E-state index contributed by atoms with van der Waals surface area (Å²) in [6, 6.07) is 12.3. The number of ether oxygens (including phenoxy) is 3. The van der Waals surface area contributed by atoms with Crippen LogP contribution in [0.4, 0.5) is 18.9 Å². The van der Waals surface area contributed by atoms with Gasteiger partial charge in [-0.25, -0.2) is 9.18 Å². The normalized spacial score (nSPS) is 14.8. The molecule has 7 nitrogen and oxygen atoms in total. The number of carbonyl (C=O) groups excluding carboxylic acids is 1. The molecule has 1 atom stereocenters. The van der Waals surface area contributed by atoms with Gasteiger partial charge in [-0.15, -0.1) is 0 Å². The van der Waals surface area contributed by atoms with Gasteiger partial charge in [-0.1, -0.05) is 29.8 Å². The quantitative estimate of drug-likeness (QED) is 0.430. The lowest BCUT2D eigenvalue weighted by Crippen LogP contribution is -2.34. The van der Waals surface area contributed by atoms with Gasteiger partial charge in [-0.2, -0.15) is 8.78 Å². The van der Waals surface area contributed by atoms with Gasteiger partial charge in [0.25, 0.3) is 5.91 Å². The summed E-state index contributed by atoms with van der Waals surface area (Å²) in [6.07, 6.45) is -0.441. The number of hydrogen-bond donors (Lipinski definition) is 2. The monoisotopic (exact) mass is 521 g/mol. The molecular formula is C25H19ClF3NO6. The van der Waals surface area contributed by atoms with Crippen molar-refractivity contribution < 1.29 is 42.1 Å². The number of fused-ring (bicyclic) bond motifs is 1. The Morgan fingerprint density at radius 2 is 1.89 bits per heavy atom.